The van der Waals surface area contributed by atoms with Crippen LogP contribution in [0.3, 0.4) is 0 Å². The van der Waals surface area contributed by atoms with Gasteiger partial charge < -0.3 is 4.74 Å². The number of aromatic nitrogens is 4. The summed E-state index contributed by atoms with van der Waals surface area (Å²) < 4.78 is 47.8. The van der Waals surface area contributed by atoms with Crippen LogP contribution in [0.4, 0.5) is 13.2 Å². The fourth-order valence-electron chi connectivity index (χ4n) is 1.99. The molecule has 1 aromatic carbocycles. The number of alkyl halides is 3. The molecule has 0 saturated carbocycles. The summed E-state index contributed by atoms with van der Waals surface area (Å²) in [6.07, 6.45) is -4.28. The summed E-state index contributed by atoms with van der Waals surface area (Å²) in [6, 6.07) is 4.99. The maximum absolute atomic E-state index is 12.7. The van der Waals surface area contributed by atoms with Crippen LogP contribution in [-0.4, -0.2) is 27.4 Å². The average Bonchev–Trinajstić information content (AvgIpc) is 2.93. The van der Waals surface area contributed by atoms with E-state index in [0.29, 0.717) is 11.3 Å². The molecule has 0 radical (unpaired) electrons. The molecule has 114 valence electrons. The first-order valence-electron chi connectivity index (χ1n) is 6.16. The molecule has 0 aliphatic heterocycles. The summed E-state index contributed by atoms with van der Waals surface area (Å²) in [7, 11) is 1.39. The van der Waals surface area contributed by atoms with Gasteiger partial charge in [-0.05, 0) is 21.9 Å². The molecule has 22 heavy (non-hydrogen) atoms. The first-order valence-corrected chi connectivity index (χ1v) is 6.16. The van der Waals surface area contributed by atoms with Gasteiger partial charge >= 0.3 is 6.18 Å². The minimum absolute atomic E-state index is 0.114. The predicted molar refractivity (Wildman–Crippen MR) is 68.2 cm³/mol. The van der Waals surface area contributed by atoms with Crippen LogP contribution in [0.25, 0.3) is 11.3 Å². The van der Waals surface area contributed by atoms with Crippen molar-refractivity contribution in [2.75, 3.05) is 7.11 Å². The van der Waals surface area contributed by atoms with Crippen molar-refractivity contribution in [1.29, 1.82) is 0 Å². The maximum Gasteiger partial charge on any atom is 0.416 e. The minimum Gasteiger partial charge on any atom is -0.480 e. The molecule has 0 aliphatic rings. The summed E-state index contributed by atoms with van der Waals surface area (Å²) in [5.74, 6) is 0.167. The number of rotatable bonds is 3. The molecule has 0 saturated heterocycles. The summed E-state index contributed by atoms with van der Waals surface area (Å²) in [4.78, 5) is 8.20. The van der Waals surface area contributed by atoms with Crippen molar-refractivity contribution in [3.63, 3.8) is 0 Å². The van der Waals surface area contributed by atoms with Gasteiger partial charge in [-0.15, -0.1) is 0 Å². The highest BCUT2D eigenvalue weighted by Crippen LogP contribution is 2.30. The molecule has 0 N–H and O–H groups in total. The number of benzene rings is 1. The minimum atomic E-state index is -4.40. The van der Waals surface area contributed by atoms with Crippen molar-refractivity contribution < 1.29 is 22.5 Å². The number of methoxy groups -OCH3 is 1. The van der Waals surface area contributed by atoms with Crippen molar-refractivity contribution >= 4 is 11.3 Å². The van der Waals surface area contributed by atoms with Crippen LogP contribution in [0.2, 0.25) is 0 Å². The van der Waals surface area contributed by atoms with Gasteiger partial charge in [0.25, 0.3) is 0 Å². The van der Waals surface area contributed by atoms with Crippen LogP contribution < -0.4 is 4.74 Å². The number of halogens is 3. The first-order chi connectivity index (χ1) is 10.5. The molecule has 2 aromatic heterocycles. The highest BCUT2D eigenvalue weighted by molar-refractivity contribution is 5.64. The van der Waals surface area contributed by atoms with Gasteiger partial charge in [0.2, 0.25) is 17.2 Å². The topological polar surface area (TPSA) is 73.9 Å². The molecule has 0 fully saturated rings. The van der Waals surface area contributed by atoms with Gasteiger partial charge in [-0.3, -0.25) is 0 Å². The van der Waals surface area contributed by atoms with E-state index >= 15 is 0 Å². The number of fused-ring (bicyclic) bond motifs is 1. The first kappa shape index (κ1) is 14.2. The highest BCUT2D eigenvalue weighted by Gasteiger charge is 2.30. The number of hydrogen-bond donors (Lipinski definition) is 0. The molecule has 0 aliphatic carbocycles. The lowest BCUT2D eigenvalue weighted by Gasteiger charge is -2.09. The number of nitrogens with zero attached hydrogens (tertiary/aromatic N) is 4. The highest BCUT2D eigenvalue weighted by atomic mass is 19.4. The summed E-state index contributed by atoms with van der Waals surface area (Å²) in [5, 5.41) is 7.09. The van der Waals surface area contributed by atoms with Gasteiger partial charge in [-0.25, -0.2) is 9.61 Å². The summed E-state index contributed by atoms with van der Waals surface area (Å²) >= 11 is 0. The van der Waals surface area contributed by atoms with Gasteiger partial charge in [-0.1, -0.05) is 18.2 Å². The molecule has 6 nitrogen and oxygen atoms in total. The van der Waals surface area contributed by atoms with Gasteiger partial charge in [0.1, 0.15) is 5.69 Å². The van der Waals surface area contributed by atoms with E-state index < -0.39 is 11.7 Å². The fraction of sp³-hybridized carbons (Fsp3) is 0.231. The van der Waals surface area contributed by atoms with E-state index in [-0.39, 0.29) is 23.6 Å². The molecule has 9 heteroatoms. The van der Waals surface area contributed by atoms with Crippen molar-refractivity contribution in [2.45, 2.75) is 12.6 Å². The lowest BCUT2D eigenvalue weighted by molar-refractivity contribution is -0.137. The lowest BCUT2D eigenvalue weighted by Crippen LogP contribution is -2.06. The Morgan fingerprint density at radius 1 is 1.14 bits per heavy atom. The average molecular weight is 310 g/mol. The van der Waals surface area contributed by atoms with Crippen molar-refractivity contribution in [3.8, 4) is 5.88 Å². The van der Waals surface area contributed by atoms with Crippen LogP contribution in [0, 0.1) is 0 Å². The van der Waals surface area contributed by atoms with E-state index in [1.165, 1.54) is 13.2 Å². The molecular weight excluding hydrogens is 301 g/mol. The van der Waals surface area contributed by atoms with E-state index in [1.54, 1.807) is 6.07 Å². The van der Waals surface area contributed by atoms with E-state index in [1.807, 2.05) is 0 Å². The van der Waals surface area contributed by atoms with Gasteiger partial charge in [-0.2, -0.15) is 18.2 Å². The molecule has 3 rings (SSSR count). The zero-order valence-corrected chi connectivity index (χ0v) is 11.3. The van der Waals surface area contributed by atoms with Crippen LogP contribution in [0.15, 0.2) is 28.9 Å². The van der Waals surface area contributed by atoms with E-state index in [4.69, 9.17) is 4.74 Å². The second-order valence-corrected chi connectivity index (χ2v) is 4.47. The second kappa shape index (κ2) is 5.24. The molecule has 0 unspecified atom stereocenters. The molecule has 0 amide bonds. The maximum atomic E-state index is 12.7. The zero-order chi connectivity index (χ0) is 15.7. The smallest absolute Gasteiger partial charge is 0.416 e. The Morgan fingerprint density at radius 2 is 1.86 bits per heavy atom. The van der Waals surface area contributed by atoms with Crippen molar-refractivity contribution in [3.05, 3.63) is 41.1 Å². The largest absolute Gasteiger partial charge is 0.480 e. The lowest BCUT2D eigenvalue weighted by atomic mass is 10.1. The Labute approximate surface area is 121 Å². The Morgan fingerprint density at radius 3 is 2.55 bits per heavy atom. The third-order valence-corrected chi connectivity index (χ3v) is 2.97. The summed E-state index contributed by atoms with van der Waals surface area (Å²) in [6.45, 7) is 0. The Kier molecular flexibility index (Phi) is 3.39. The Hall–Kier alpha value is -2.71. The van der Waals surface area contributed by atoms with Gasteiger partial charge in [0.05, 0.1) is 12.7 Å². The third kappa shape index (κ3) is 2.69. The number of ether oxygens (including phenoxy) is 1. The second-order valence-electron chi connectivity index (χ2n) is 4.47. The third-order valence-electron chi connectivity index (χ3n) is 2.97. The standard InChI is InChI=1S/C13H9F3N4O2/c1-21-12-9(17-10-11(18-12)20-22-19-10)6-7-3-2-4-8(5-7)13(14,15)16/h2-5H,6H2,1H3. The molecule has 0 bridgehead atoms. The molecule has 2 heterocycles. The molecule has 0 atom stereocenters. The van der Waals surface area contributed by atoms with Gasteiger partial charge in [0, 0.05) is 6.42 Å². The van der Waals surface area contributed by atoms with Crippen molar-refractivity contribution in [1.82, 2.24) is 20.3 Å². The van der Waals surface area contributed by atoms with E-state index in [2.05, 4.69) is 24.9 Å². The van der Waals surface area contributed by atoms with E-state index in [9.17, 15) is 13.2 Å². The normalized spacial score (nSPS) is 11.8. The zero-order valence-electron chi connectivity index (χ0n) is 11.3. The summed E-state index contributed by atoms with van der Waals surface area (Å²) in [5.41, 5.74) is 0.400. The molecular formula is C13H9F3N4O2. The van der Waals surface area contributed by atoms with E-state index in [0.717, 1.165) is 12.1 Å². The van der Waals surface area contributed by atoms with Crippen LogP contribution in [0.1, 0.15) is 16.8 Å². The van der Waals surface area contributed by atoms with Crippen LogP contribution in [-0.2, 0) is 12.6 Å². The Bertz CT molecular complexity index is 816. The SMILES string of the molecule is COc1nc2nonc2nc1Cc1cccc(C(F)(F)F)c1. The van der Waals surface area contributed by atoms with Crippen LogP contribution >= 0.6 is 0 Å². The molecule has 0 spiro atoms. The number of hydrogen-bond acceptors (Lipinski definition) is 6. The van der Waals surface area contributed by atoms with Crippen LogP contribution in [0.5, 0.6) is 5.88 Å². The monoisotopic (exact) mass is 310 g/mol. The van der Waals surface area contributed by atoms with Gasteiger partial charge in [0.15, 0.2) is 0 Å². The Balaban J connectivity index is 1.99. The predicted octanol–water partition coefficient (Wildman–Crippen LogP) is 2.63. The quantitative estimate of drug-likeness (QED) is 0.740. The molecule has 3 aromatic rings. The van der Waals surface area contributed by atoms with Crippen molar-refractivity contribution in [2.24, 2.45) is 0 Å². The fourth-order valence-corrected chi connectivity index (χ4v) is 1.99.